The topological polar surface area (TPSA) is 115 Å². The van der Waals surface area contributed by atoms with E-state index in [0.29, 0.717) is 24.7 Å². The van der Waals surface area contributed by atoms with E-state index in [2.05, 4.69) is 4.90 Å². The Bertz CT molecular complexity index is 566. The Morgan fingerprint density at radius 1 is 1.39 bits per heavy atom. The first kappa shape index (κ1) is 19.3. The zero-order valence-electron chi connectivity index (χ0n) is 12.9. The van der Waals surface area contributed by atoms with Crippen molar-refractivity contribution in [2.45, 2.75) is 38.3 Å². The number of amides is 1. The van der Waals surface area contributed by atoms with Gasteiger partial charge in [-0.15, -0.1) is 12.4 Å². The van der Waals surface area contributed by atoms with E-state index in [-0.39, 0.29) is 23.7 Å². The molecule has 1 aliphatic rings. The molecule has 1 fully saturated rings. The van der Waals surface area contributed by atoms with Crippen LogP contribution in [0.15, 0.2) is 18.2 Å². The highest BCUT2D eigenvalue weighted by atomic mass is 35.5. The summed E-state index contributed by atoms with van der Waals surface area (Å²) in [4.78, 5) is 24.2. The maximum absolute atomic E-state index is 11.3. The van der Waals surface area contributed by atoms with Gasteiger partial charge in [0.05, 0.1) is 4.92 Å². The summed E-state index contributed by atoms with van der Waals surface area (Å²) < 4.78 is 0. The van der Waals surface area contributed by atoms with Crippen LogP contribution in [0, 0.1) is 10.1 Å². The second-order valence-corrected chi connectivity index (χ2v) is 5.66. The Hall–Kier alpha value is -1.70. The van der Waals surface area contributed by atoms with E-state index in [1.807, 2.05) is 0 Å². The summed E-state index contributed by atoms with van der Waals surface area (Å²) in [5.41, 5.74) is 11.6. The molecule has 1 atom stereocenters. The molecule has 0 aromatic heterocycles. The van der Waals surface area contributed by atoms with Crippen LogP contribution in [0.5, 0.6) is 0 Å². The van der Waals surface area contributed by atoms with Crippen molar-refractivity contribution in [3.8, 4) is 0 Å². The number of nitro groups is 1. The molecule has 0 spiro atoms. The molecule has 0 aliphatic carbocycles. The number of halogens is 1. The number of hydrogen-bond acceptors (Lipinski definition) is 5. The number of carbonyl (C=O) groups is 1. The SMILES string of the molecule is Cl.NCCC1CCCCN1Cc1ccc(C(N)=O)cc1[N+](=O)[O-]. The quantitative estimate of drug-likeness (QED) is 0.604. The van der Waals surface area contributed by atoms with Gasteiger partial charge in [0.15, 0.2) is 0 Å². The molecule has 1 aliphatic heterocycles. The Labute approximate surface area is 141 Å². The predicted molar refractivity (Wildman–Crippen MR) is 90.6 cm³/mol. The van der Waals surface area contributed by atoms with Crippen LogP contribution in [0.1, 0.15) is 41.6 Å². The molecule has 0 radical (unpaired) electrons. The average molecular weight is 343 g/mol. The molecule has 1 saturated heterocycles. The van der Waals surface area contributed by atoms with Gasteiger partial charge in [-0.1, -0.05) is 12.5 Å². The van der Waals surface area contributed by atoms with Crippen molar-refractivity contribution in [1.82, 2.24) is 4.90 Å². The molecule has 1 aromatic carbocycles. The second kappa shape index (κ2) is 8.81. The van der Waals surface area contributed by atoms with Gasteiger partial charge in [0.1, 0.15) is 0 Å². The number of nitrogens with zero attached hydrogens (tertiary/aromatic N) is 2. The van der Waals surface area contributed by atoms with Gasteiger partial charge in [-0.3, -0.25) is 19.8 Å². The molecule has 0 bridgehead atoms. The van der Waals surface area contributed by atoms with Crippen molar-refractivity contribution < 1.29 is 9.72 Å². The van der Waals surface area contributed by atoms with Gasteiger partial charge in [0.2, 0.25) is 5.91 Å². The first-order valence-corrected chi connectivity index (χ1v) is 7.54. The molecule has 8 heteroatoms. The Morgan fingerprint density at radius 2 is 2.13 bits per heavy atom. The Morgan fingerprint density at radius 3 is 2.74 bits per heavy atom. The lowest BCUT2D eigenvalue weighted by molar-refractivity contribution is -0.385. The van der Waals surface area contributed by atoms with Crippen molar-refractivity contribution in [3.63, 3.8) is 0 Å². The van der Waals surface area contributed by atoms with Gasteiger partial charge in [-0.25, -0.2) is 0 Å². The molecular formula is C15H23ClN4O3. The minimum atomic E-state index is -0.659. The second-order valence-electron chi connectivity index (χ2n) is 5.66. The van der Waals surface area contributed by atoms with Crippen molar-refractivity contribution in [1.29, 1.82) is 0 Å². The Balaban J connectivity index is 0.00000264. The van der Waals surface area contributed by atoms with Crippen LogP contribution in [-0.4, -0.2) is 34.9 Å². The number of carbonyl (C=O) groups excluding carboxylic acids is 1. The van der Waals surface area contributed by atoms with Crippen LogP contribution in [0.25, 0.3) is 0 Å². The highest BCUT2D eigenvalue weighted by Crippen LogP contribution is 2.26. The maximum atomic E-state index is 11.3. The Kier molecular flexibility index (Phi) is 7.41. The van der Waals surface area contributed by atoms with Crippen LogP contribution in [-0.2, 0) is 6.54 Å². The number of hydrogen-bond donors (Lipinski definition) is 2. The van der Waals surface area contributed by atoms with Crippen molar-refractivity contribution in [2.24, 2.45) is 11.5 Å². The summed E-state index contributed by atoms with van der Waals surface area (Å²) in [5, 5.41) is 11.3. The summed E-state index contributed by atoms with van der Waals surface area (Å²) in [6.07, 6.45) is 4.23. The first-order chi connectivity index (χ1) is 10.5. The molecule has 4 N–H and O–H groups in total. The van der Waals surface area contributed by atoms with Crippen molar-refractivity contribution in [3.05, 3.63) is 39.4 Å². The number of benzene rings is 1. The fourth-order valence-electron chi connectivity index (χ4n) is 3.03. The zero-order chi connectivity index (χ0) is 16.1. The van der Waals surface area contributed by atoms with E-state index >= 15 is 0 Å². The molecule has 0 saturated carbocycles. The van der Waals surface area contributed by atoms with Gasteiger partial charge in [0, 0.05) is 29.8 Å². The fourth-order valence-corrected chi connectivity index (χ4v) is 3.03. The van der Waals surface area contributed by atoms with E-state index in [4.69, 9.17) is 11.5 Å². The third-order valence-corrected chi connectivity index (χ3v) is 4.19. The minimum Gasteiger partial charge on any atom is -0.366 e. The molecule has 1 heterocycles. The zero-order valence-corrected chi connectivity index (χ0v) is 13.8. The summed E-state index contributed by atoms with van der Waals surface area (Å²) in [5.74, 6) is -0.659. The largest absolute Gasteiger partial charge is 0.366 e. The number of rotatable bonds is 6. The minimum absolute atomic E-state index is 0. The van der Waals surface area contributed by atoms with E-state index in [1.54, 1.807) is 12.1 Å². The van der Waals surface area contributed by atoms with E-state index in [1.165, 1.54) is 12.5 Å². The third-order valence-electron chi connectivity index (χ3n) is 4.19. The first-order valence-electron chi connectivity index (χ1n) is 7.54. The van der Waals surface area contributed by atoms with Gasteiger partial charge >= 0.3 is 0 Å². The summed E-state index contributed by atoms with van der Waals surface area (Å²) in [6.45, 7) is 2.03. The fraction of sp³-hybridized carbons (Fsp3) is 0.533. The van der Waals surface area contributed by atoms with Crippen molar-refractivity contribution in [2.75, 3.05) is 13.1 Å². The summed E-state index contributed by atoms with van der Waals surface area (Å²) in [7, 11) is 0. The lowest BCUT2D eigenvalue weighted by Crippen LogP contribution is -2.40. The number of likely N-dealkylation sites (tertiary alicyclic amines) is 1. The van der Waals surface area contributed by atoms with E-state index in [0.717, 1.165) is 25.8 Å². The van der Waals surface area contributed by atoms with Crippen molar-refractivity contribution >= 4 is 24.0 Å². The van der Waals surface area contributed by atoms with Crippen LogP contribution in [0.3, 0.4) is 0 Å². The molecule has 128 valence electrons. The van der Waals surface area contributed by atoms with Crippen LogP contribution >= 0.6 is 12.4 Å². The standard InChI is InChI=1S/C15H22N4O3.ClH/c16-7-6-13-3-1-2-8-18(13)10-12-5-4-11(15(17)20)9-14(12)19(21)22;/h4-5,9,13H,1-3,6-8,10,16H2,(H2,17,20);1H. The van der Waals surface area contributed by atoms with Gasteiger partial charge in [0.25, 0.3) is 5.69 Å². The molecule has 23 heavy (non-hydrogen) atoms. The lowest BCUT2D eigenvalue weighted by Gasteiger charge is -2.35. The van der Waals surface area contributed by atoms with Crippen LogP contribution in [0.4, 0.5) is 5.69 Å². The predicted octanol–water partition coefficient (Wildman–Crippen LogP) is 1.82. The van der Waals surface area contributed by atoms with E-state index < -0.39 is 10.8 Å². The maximum Gasteiger partial charge on any atom is 0.274 e. The number of nitrogens with two attached hydrogens (primary N) is 2. The number of primary amides is 1. The average Bonchev–Trinajstić information content (AvgIpc) is 2.49. The van der Waals surface area contributed by atoms with Gasteiger partial charge in [-0.2, -0.15) is 0 Å². The van der Waals surface area contributed by atoms with Gasteiger partial charge < -0.3 is 11.5 Å². The smallest absolute Gasteiger partial charge is 0.274 e. The summed E-state index contributed by atoms with van der Waals surface area (Å²) >= 11 is 0. The third kappa shape index (κ3) is 4.89. The van der Waals surface area contributed by atoms with Crippen LogP contribution < -0.4 is 11.5 Å². The lowest BCUT2D eigenvalue weighted by atomic mass is 9.98. The molecule has 2 rings (SSSR count). The number of nitro benzene ring substituents is 1. The normalized spacial score (nSPS) is 18.2. The highest BCUT2D eigenvalue weighted by molar-refractivity contribution is 5.93. The van der Waals surface area contributed by atoms with Gasteiger partial charge in [-0.05, 0) is 38.4 Å². The molecule has 1 amide bonds. The number of piperidine rings is 1. The summed E-state index contributed by atoms with van der Waals surface area (Å²) in [6, 6.07) is 4.81. The highest BCUT2D eigenvalue weighted by Gasteiger charge is 2.25. The monoisotopic (exact) mass is 342 g/mol. The molecule has 1 unspecified atom stereocenters. The molecular weight excluding hydrogens is 320 g/mol. The van der Waals surface area contributed by atoms with Crippen LogP contribution in [0.2, 0.25) is 0 Å². The molecule has 7 nitrogen and oxygen atoms in total. The van der Waals surface area contributed by atoms with E-state index in [9.17, 15) is 14.9 Å². The molecule has 1 aromatic rings.